The summed E-state index contributed by atoms with van der Waals surface area (Å²) in [6.07, 6.45) is 0. The molecular weight excluding hydrogens is 300 g/mol. The number of halogens is 3. The molecule has 0 aliphatic carbocycles. The first-order valence-corrected chi connectivity index (χ1v) is 6.44. The molecule has 21 heavy (non-hydrogen) atoms. The van der Waals surface area contributed by atoms with Gasteiger partial charge in [0.15, 0.2) is 0 Å². The fourth-order valence-corrected chi connectivity index (χ4v) is 1.99. The highest BCUT2D eigenvalue weighted by molar-refractivity contribution is 6.33. The zero-order chi connectivity index (χ0) is 15.6. The van der Waals surface area contributed by atoms with Gasteiger partial charge in [0.25, 0.3) is 5.92 Å². The molecule has 2 rings (SSSR count). The molecule has 6 heteroatoms. The highest BCUT2D eigenvalue weighted by Gasteiger charge is 2.26. The maximum atomic E-state index is 13.3. The maximum absolute atomic E-state index is 13.3. The number of nitrogens with zero attached hydrogens (tertiary/aromatic N) is 1. The first-order valence-electron chi connectivity index (χ1n) is 6.06. The molecule has 0 saturated carbocycles. The average Bonchev–Trinajstić information content (AvgIpc) is 2.46. The molecule has 1 aromatic carbocycles. The highest BCUT2D eigenvalue weighted by atomic mass is 35.5. The van der Waals surface area contributed by atoms with Gasteiger partial charge in [0.05, 0.1) is 23.4 Å². The lowest BCUT2D eigenvalue weighted by atomic mass is 10.1. The van der Waals surface area contributed by atoms with Crippen LogP contribution in [0.25, 0.3) is 11.3 Å². The first kappa shape index (κ1) is 15.4. The van der Waals surface area contributed by atoms with E-state index in [4.69, 9.17) is 11.6 Å². The van der Waals surface area contributed by atoms with E-state index >= 15 is 0 Å². The van der Waals surface area contributed by atoms with Crippen LogP contribution in [0.2, 0.25) is 5.02 Å². The minimum Gasteiger partial charge on any atom is -0.465 e. The van der Waals surface area contributed by atoms with Gasteiger partial charge in [-0.25, -0.2) is 9.78 Å². The Bertz CT molecular complexity index is 684. The quantitative estimate of drug-likeness (QED) is 0.793. The fourth-order valence-electron chi connectivity index (χ4n) is 1.79. The van der Waals surface area contributed by atoms with Gasteiger partial charge in [0.2, 0.25) is 0 Å². The van der Waals surface area contributed by atoms with Gasteiger partial charge in [-0.3, -0.25) is 0 Å². The largest absolute Gasteiger partial charge is 0.465 e. The Labute approximate surface area is 125 Å². The van der Waals surface area contributed by atoms with E-state index in [1.54, 1.807) is 12.1 Å². The van der Waals surface area contributed by atoms with Crippen molar-refractivity contribution in [2.75, 3.05) is 7.11 Å². The summed E-state index contributed by atoms with van der Waals surface area (Å²) in [7, 11) is 1.24. The number of alkyl halides is 2. The number of hydrogen-bond donors (Lipinski definition) is 0. The van der Waals surface area contributed by atoms with Gasteiger partial charge in [-0.1, -0.05) is 23.7 Å². The first-order chi connectivity index (χ1) is 9.82. The zero-order valence-electron chi connectivity index (χ0n) is 11.4. The number of ether oxygens (including phenoxy) is 1. The van der Waals surface area contributed by atoms with Crippen LogP contribution in [-0.4, -0.2) is 18.1 Å². The maximum Gasteiger partial charge on any atom is 0.339 e. The molecule has 0 aliphatic rings. The minimum absolute atomic E-state index is 0.159. The average molecular weight is 312 g/mol. The zero-order valence-corrected chi connectivity index (χ0v) is 12.1. The summed E-state index contributed by atoms with van der Waals surface area (Å²) in [6, 6.07) is 8.89. The van der Waals surface area contributed by atoms with E-state index in [1.165, 1.54) is 31.4 Å². The van der Waals surface area contributed by atoms with Crippen molar-refractivity contribution in [3.8, 4) is 11.3 Å². The third-order valence-corrected chi connectivity index (χ3v) is 3.20. The summed E-state index contributed by atoms with van der Waals surface area (Å²) < 4.78 is 31.3. The Hall–Kier alpha value is -2.01. The summed E-state index contributed by atoms with van der Waals surface area (Å²) in [5.41, 5.74) is 0.656. The van der Waals surface area contributed by atoms with Gasteiger partial charge in [0, 0.05) is 12.5 Å². The normalized spacial score (nSPS) is 11.3. The number of rotatable bonds is 3. The smallest absolute Gasteiger partial charge is 0.339 e. The summed E-state index contributed by atoms with van der Waals surface area (Å²) >= 11 is 5.92. The second kappa shape index (κ2) is 5.77. The predicted octanol–water partition coefficient (Wildman–Crippen LogP) is 4.30. The topological polar surface area (TPSA) is 39.2 Å². The summed E-state index contributed by atoms with van der Waals surface area (Å²) in [5.74, 6) is -3.63. The third kappa shape index (κ3) is 3.36. The van der Waals surface area contributed by atoms with Crippen LogP contribution >= 0.6 is 11.6 Å². The van der Waals surface area contributed by atoms with Crippen molar-refractivity contribution in [3.63, 3.8) is 0 Å². The Morgan fingerprint density at radius 1 is 1.29 bits per heavy atom. The van der Waals surface area contributed by atoms with E-state index in [0.717, 1.165) is 6.92 Å². The number of hydrogen-bond acceptors (Lipinski definition) is 3. The van der Waals surface area contributed by atoms with E-state index < -0.39 is 11.9 Å². The molecule has 0 aliphatic heterocycles. The van der Waals surface area contributed by atoms with Crippen LogP contribution in [0.5, 0.6) is 0 Å². The number of esters is 1. The minimum atomic E-state index is -3.03. The SMILES string of the molecule is COC(=O)c1cc(-c2cccc(C(C)(F)F)n2)ccc1Cl. The Kier molecular flexibility index (Phi) is 4.23. The molecule has 0 spiro atoms. The van der Waals surface area contributed by atoms with Crippen molar-refractivity contribution in [1.82, 2.24) is 4.98 Å². The molecule has 0 N–H and O–H groups in total. The molecule has 1 heterocycles. The molecule has 0 atom stereocenters. The number of aromatic nitrogens is 1. The van der Waals surface area contributed by atoms with Crippen molar-refractivity contribution in [1.29, 1.82) is 0 Å². The molecule has 2 aromatic rings. The second-order valence-corrected chi connectivity index (χ2v) is 4.89. The predicted molar refractivity (Wildman–Crippen MR) is 75.6 cm³/mol. The van der Waals surface area contributed by atoms with Crippen LogP contribution in [0.1, 0.15) is 23.0 Å². The van der Waals surface area contributed by atoms with Crippen LogP contribution in [0.3, 0.4) is 0 Å². The number of methoxy groups -OCH3 is 1. The lowest BCUT2D eigenvalue weighted by Gasteiger charge is -2.11. The molecule has 1 aromatic heterocycles. The van der Waals surface area contributed by atoms with E-state index in [9.17, 15) is 13.6 Å². The van der Waals surface area contributed by atoms with E-state index in [0.29, 0.717) is 11.3 Å². The molecule has 0 unspecified atom stereocenters. The summed E-state index contributed by atoms with van der Waals surface area (Å²) in [4.78, 5) is 15.5. The second-order valence-electron chi connectivity index (χ2n) is 4.48. The Morgan fingerprint density at radius 3 is 2.62 bits per heavy atom. The fraction of sp³-hybridized carbons (Fsp3) is 0.200. The van der Waals surface area contributed by atoms with Crippen molar-refractivity contribution < 1.29 is 18.3 Å². The number of pyridine rings is 1. The van der Waals surface area contributed by atoms with Crippen LogP contribution < -0.4 is 0 Å². The van der Waals surface area contributed by atoms with Gasteiger partial charge < -0.3 is 4.74 Å². The molecule has 3 nitrogen and oxygen atoms in total. The van der Waals surface area contributed by atoms with Gasteiger partial charge in [0.1, 0.15) is 5.69 Å². The van der Waals surface area contributed by atoms with Crippen molar-refractivity contribution in [2.24, 2.45) is 0 Å². The van der Waals surface area contributed by atoms with Gasteiger partial charge >= 0.3 is 5.97 Å². The molecular formula is C15H12ClF2NO2. The third-order valence-electron chi connectivity index (χ3n) is 2.87. The molecule has 0 radical (unpaired) electrons. The van der Waals surface area contributed by atoms with Crippen LogP contribution in [0, 0.1) is 0 Å². The Morgan fingerprint density at radius 2 is 2.00 bits per heavy atom. The van der Waals surface area contributed by atoms with E-state index in [-0.39, 0.29) is 16.3 Å². The standard InChI is InChI=1S/C15H12ClF2NO2/c1-15(17,18)13-5-3-4-12(19-13)9-6-7-11(16)10(8-9)14(20)21-2/h3-8H,1-2H3. The molecule has 0 saturated heterocycles. The van der Waals surface area contributed by atoms with Crippen LogP contribution in [0.15, 0.2) is 36.4 Å². The van der Waals surface area contributed by atoms with Gasteiger partial charge in [-0.15, -0.1) is 0 Å². The van der Waals surface area contributed by atoms with Crippen molar-refractivity contribution in [2.45, 2.75) is 12.8 Å². The summed E-state index contributed by atoms with van der Waals surface area (Å²) in [5, 5.41) is 0.225. The molecule has 110 valence electrons. The molecule has 0 amide bonds. The monoisotopic (exact) mass is 311 g/mol. The lowest BCUT2D eigenvalue weighted by molar-refractivity contribution is 0.0129. The van der Waals surface area contributed by atoms with Crippen molar-refractivity contribution >= 4 is 17.6 Å². The number of carbonyl (C=O) groups excluding carboxylic acids is 1. The van der Waals surface area contributed by atoms with Crippen LogP contribution in [0.4, 0.5) is 8.78 Å². The lowest BCUT2D eigenvalue weighted by Crippen LogP contribution is -2.10. The van der Waals surface area contributed by atoms with E-state index in [2.05, 4.69) is 9.72 Å². The number of carbonyl (C=O) groups is 1. The molecule has 0 fully saturated rings. The molecule has 0 bridgehead atoms. The van der Waals surface area contributed by atoms with Crippen LogP contribution in [-0.2, 0) is 10.7 Å². The summed E-state index contributed by atoms with van der Waals surface area (Å²) in [6.45, 7) is 0.779. The Balaban J connectivity index is 2.50. The van der Waals surface area contributed by atoms with Gasteiger partial charge in [-0.2, -0.15) is 8.78 Å². The van der Waals surface area contributed by atoms with Crippen molar-refractivity contribution in [3.05, 3.63) is 52.7 Å². The van der Waals surface area contributed by atoms with Gasteiger partial charge in [-0.05, 0) is 24.3 Å². The van der Waals surface area contributed by atoms with E-state index in [1.807, 2.05) is 0 Å². The number of benzene rings is 1. The highest BCUT2D eigenvalue weighted by Crippen LogP contribution is 2.29.